The Labute approximate surface area is 127 Å². The average molecular weight is 358 g/mol. The standard InChI is InChI=1S/C13H16BrN3O2S/c1-8(2)11-7-13(16-15-11)17-20(18,19)12-6-10(14)5-4-9(12)3/h4-8H,1-3H3,(H2,15,16,17). The van der Waals surface area contributed by atoms with Crippen LogP contribution in [0.3, 0.4) is 0 Å². The molecule has 0 amide bonds. The molecular formula is C13H16BrN3O2S. The van der Waals surface area contributed by atoms with E-state index in [2.05, 4.69) is 30.8 Å². The van der Waals surface area contributed by atoms with E-state index in [0.717, 1.165) is 5.69 Å². The number of rotatable bonds is 4. The van der Waals surface area contributed by atoms with E-state index in [1.807, 2.05) is 13.8 Å². The van der Waals surface area contributed by atoms with Crippen LogP contribution in [0.15, 0.2) is 33.6 Å². The van der Waals surface area contributed by atoms with Crippen molar-refractivity contribution in [2.45, 2.75) is 31.6 Å². The van der Waals surface area contributed by atoms with Crippen LogP contribution in [0.2, 0.25) is 0 Å². The van der Waals surface area contributed by atoms with E-state index in [1.165, 1.54) is 0 Å². The molecule has 7 heteroatoms. The Morgan fingerprint density at radius 1 is 1.30 bits per heavy atom. The summed E-state index contributed by atoms with van der Waals surface area (Å²) in [4.78, 5) is 0.237. The summed E-state index contributed by atoms with van der Waals surface area (Å²) in [7, 11) is -3.64. The van der Waals surface area contributed by atoms with Crippen molar-refractivity contribution >= 4 is 31.8 Å². The van der Waals surface area contributed by atoms with Crippen LogP contribution < -0.4 is 4.72 Å². The second-order valence-electron chi connectivity index (χ2n) is 4.88. The number of anilines is 1. The number of H-pyrrole nitrogens is 1. The number of aryl methyl sites for hydroxylation is 1. The zero-order valence-corrected chi connectivity index (χ0v) is 13.8. The zero-order chi connectivity index (χ0) is 14.9. The summed E-state index contributed by atoms with van der Waals surface area (Å²) < 4.78 is 27.9. The van der Waals surface area contributed by atoms with Gasteiger partial charge in [-0.15, -0.1) is 0 Å². The molecule has 0 unspecified atom stereocenters. The van der Waals surface area contributed by atoms with Crippen LogP contribution in [0.25, 0.3) is 0 Å². The highest BCUT2D eigenvalue weighted by Gasteiger charge is 2.19. The van der Waals surface area contributed by atoms with Gasteiger partial charge in [0.05, 0.1) is 4.90 Å². The van der Waals surface area contributed by atoms with Gasteiger partial charge in [-0.05, 0) is 30.5 Å². The number of halogens is 1. The molecule has 0 bridgehead atoms. The first-order valence-corrected chi connectivity index (χ1v) is 8.41. The largest absolute Gasteiger partial charge is 0.280 e. The number of nitrogens with one attached hydrogen (secondary N) is 2. The molecule has 0 aliphatic heterocycles. The number of aromatic amines is 1. The monoisotopic (exact) mass is 357 g/mol. The molecular weight excluding hydrogens is 342 g/mol. The van der Waals surface area contributed by atoms with E-state index in [0.29, 0.717) is 15.9 Å². The predicted molar refractivity (Wildman–Crippen MR) is 82.4 cm³/mol. The number of benzene rings is 1. The molecule has 5 nitrogen and oxygen atoms in total. The molecule has 0 saturated carbocycles. The van der Waals surface area contributed by atoms with Crippen LogP contribution in [0.4, 0.5) is 5.82 Å². The van der Waals surface area contributed by atoms with E-state index in [9.17, 15) is 8.42 Å². The summed E-state index contributed by atoms with van der Waals surface area (Å²) in [5.41, 5.74) is 1.56. The van der Waals surface area contributed by atoms with Crippen LogP contribution in [-0.4, -0.2) is 18.6 Å². The fourth-order valence-corrected chi connectivity index (χ4v) is 3.52. The Hall–Kier alpha value is -1.34. The van der Waals surface area contributed by atoms with E-state index >= 15 is 0 Å². The highest BCUT2D eigenvalue weighted by atomic mass is 79.9. The summed E-state index contributed by atoms with van der Waals surface area (Å²) >= 11 is 3.28. The Morgan fingerprint density at radius 3 is 2.60 bits per heavy atom. The molecule has 108 valence electrons. The first kappa shape index (κ1) is 15.1. The van der Waals surface area contributed by atoms with Crippen molar-refractivity contribution < 1.29 is 8.42 Å². The molecule has 0 aliphatic rings. The van der Waals surface area contributed by atoms with Crippen LogP contribution >= 0.6 is 15.9 Å². The van der Waals surface area contributed by atoms with Crippen molar-refractivity contribution in [1.29, 1.82) is 0 Å². The van der Waals surface area contributed by atoms with Crippen molar-refractivity contribution in [3.05, 3.63) is 40.0 Å². The molecule has 0 spiro atoms. The summed E-state index contributed by atoms with van der Waals surface area (Å²) in [6, 6.07) is 6.84. The highest BCUT2D eigenvalue weighted by Crippen LogP contribution is 2.23. The lowest BCUT2D eigenvalue weighted by atomic mass is 10.1. The average Bonchev–Trinajstić information content (AvgIpc) is 2.80. The molecule has 0 fully saturated rings. The second kappa shape index (κ2) is 5.57. The minimum absolute atomic E-state index is 0.237. The molecule has 2 aromatic rings. The normalized spacial score (nSPS) is 11.8. The third-order valence-corrected chi connectivity index (χ3v) is 4.89. The van der Waals surface area contributed by atoms with Crippen molar-refractivity contribution in [1.82, 2.24) is 10.2 Å². The van der Waals surface area contributed by atoms with E-state index in [4.69, 9.17) is 0 Å². The van der Waals surface area contributed by atoms with Gasteiger partial charge in [-0.3, -0.25) is 9.82 Å². The van der Waals surface area contributed by atoms with Crippen LogP contribution in [0, 0.1) is 6.92 Å². The van der Waals surface area contributed by atoms with Gasteiger partial charge in [0.2, 0.25) is 0 Å². The van der Waals surface area contributed by atoms with Crippen LogP contribution in [-0.2, 0) is 10.0 Å². The Bertz CT molecular complexity index is 723. The third-order valence-electron chi connectivity index (χ3n) is 2.90. The molecule has 0 atom stereocenters. The Kier molecular flexibility index (Phi) is 4.19. The SMILES string of the molecule is Cc1ccc(Br)cc1S(=O)(=O)Nc1cc(C(C)C)[nH]n1. The van der Waals surface area contributed by atoms with E-state index in [-0.39, 0.29) is 10.8 Å². The topological polar surface area (TPSA) is 74.8 Å². The lowest BCUT2D eigenvalue weighted by Crippen LogP contribution is -2.14. The smallest absolute Gasteiger partial charge is 0.263 e. The van der Waals surface area contributed by atoms with Gasteiger partial charge >= 0.3 is 0 Å². The van der Waals surface area contributed by atoms with Crippen LogP contribution in [0.1, 0.15) is 31.0 Å². The quantitative estimate of drug-likeness (QED) is 0.880. The minimum atomic E-state index is -3.64. The fourth-order valence-electron chi connectivity index (χ4n) is 1.74. The van der Waals surface area contributed by atoms with Gasteiger partial charge < -0.3 is 0 Å². The zero-order valence-electron chi connectivity index (χ0n) is 11.4. The lowest BCUT2D eigenvalue weighted by Gasteiger charge is -2.08. The molecule has 1 heterocycles. The molecule has 0 radical (unpaired) electrons. The maximum Gasteiger partial charge on any atom is 0.263 e. The van der Waals surface area contributed by atoms with Crippen molar-refractivity contribution in [2.24, 2.45) is 0 Å². The number of hydrogen-bond donors (Lipinski definition) is 2. The number of aromatic nitrogens is 2. The summed E-state index contributed by atoms with van der Waals surface area (Å²) in [5, 5.41) is 6.79. The van der Waals surface area contributed by atoms with Gasteiger partial charge in [0.25, 0.3) is 10.0 Å². The minimum Gasteiger partial charge on any atom is -0.280 e. The number of sulfonamides is 1. The van der Waals surface area contributed by atoms with Gasteiger partial charge in [0.15, 0.2) is 5.82 Å². The van der Waals surface area contributed by atoms with Gasteiger partial charge in [-0.25, -0.2) is 8.42 Å². The van der Waals surface area contributed by atoms with Gasteiger partial charge in [0.1, 0.15) is 0 Å². The van der Waals surface area contributed by atoms with Gasteiger partial charge in [0, 0.05) is 16.2 Å². The molecule has 0 aliphatic carbocycles. The maximum atomic E-state index is 12.4. The van der Waals surface area contributed by atoms with Crippen LogP contribution in [0.5, 0.6) is 0 Å². The number of hydrogen-bond acceptors (Lipinski definition) is 3. The van der Waals surface area contributed by atoms with Gasteiger partial charge in [-0.1, -0.05) is 35.8 Å². The molecule has 2 rings (SSSR count). The fraction of sp³-hybridized carbons (Fsp3) is 0.308. The number of nitrogens with zero attached hydrogens (tertiary/aromatic N) is 1. The van der Waals surface area contributed by atoms with Crippen molar-refractivity contribution in [3.8, 4) is 0 Å². The molecule has 1 aromatic carbocycles. The van der Waals surface area contributed by atoms with E-state index < -0.39 is 10.0 Å². The lowest BCUT2D eigenvalue weighted by molar-refractivity contribution is 0.600. The molecule has 2 N–H and O–H groups in total. The predicted octanol–water partition coefficient (Wildman–Crippen LogP) is 3.40. The molecule has 20 heavy (non-hydrogen) atoms. The maximum absolute atomic E-state index is 12.4. The van der Waals surface area contributed by atoms with Crippen molar-refractivity contribution in [3.63, 3.8) is 0 Å². The first-order valence-electron chi connectivity index (χ1n) is 6.14. The summed E-state index contributed by atoms with van der Waals surface area (Å²) in [6.45, 7) is 5.76. The second-order valence-corrected chi connectivity index (χ2v) is 7.45. The highest BCUT2D eigenvalue weighted by molar-refractivity contribution is 9.10. The molecule has 0 saturated heterocycles. The Balaban J connectivity index is 2.33. The molecule has 1 aromatic heterocycles. The summed E-state index contributed by atoms with van der Waals surface area (Å²) in [5.74, 6) is 0.557. The van der Waals surface area contributed by atoms with Gasteiger partial charge in [-0.2, -0.15) is 5.10 Å². The third kappa shape index (κ3) is 3.21. The van der Waals surface area contributed by atoms with Crippen molar-refractivity contribution in [2.75, 3.05) is 4.72 Å². The first-order chi connectivity index (χ1) is 9.29. The Morgan fingerprint density at radius 2 is 2.00 bits per heavy atom. The van der Waals surface area contributed by atoms with E-state index in [1.54, 1.807) is 31.2 Å². The summed E-state index contributed by atoms with van der Waals surface area (Å²) in [6.07, 6.45) is 0.